The number of rotatable bonds is 2. The van der Waals surface area contributed by atoms with Gasteiger partial charge in [0.1, 0.15) is 11.3 Å². The molecule has 3 rings (SSSR count). The van der Waals surface area contributed by atoms with E-state index in [9.17, 15) is 4.79 Å². The second-order valence-corrected chi connectivity index (χ2v) is 6.40. The SMILES string of the molecule is CC1CC(N)CC(C)C1c1nc2c(C(N)=O)cccc2[nH]1. The summed E-state index contributed by atoms with van der Waals surface area (Å²) < 4.78 is 0. The second-order valence-electron chi connectivity index (χ2n) is 6.40. The molecule has 1 amide bonds. The highest BCUT2D eigenvalue weighted by Crippen LogP contribution is 2.40. The lowest BCUT2D eigenvalue weighted by atomic mass is 9.71. The maximum Gasteiger partial charge on any atom is 0.250 e. The average molecular weight is 286 g/mol. The lowest BCUT2D eigenvalue weighted by Crippen LogP contribution is -2.36. The molecule has 0 aliphatic heterocycles. The molecule has 0 radical (unpaired) electrons. The Labute approximate surface area is 124 Å². The van der Waals surface area contributed by atoms with Crippen LogP contribution in [0.5, 0.6) is 0 Å². The Morgan fingerprint density at radius 2 is 1.95 bits per heavy atom. The standard InChI is InChI=1S/C16H22N4O/c1-8-6-10(17)7-9(2)13(8)16-19-12-5-3-4-11(15(18)21)14(12)20-16/h3-5,8-10,13H,6-7,17H2,1-2H3,(H2,18,21)(H,19,20). The van der Waals surface area contributed by atoms with Gasteiger partial charge in [-0.2, -0.15) is 0 Å². The number of fused-ring (bicyclic) bond motifs is 1. The Bertz CT molecular complexity index is 666. The minimum absolute atomic E-state index is 0.275. The van der Waals surface area contributed by atoms with E-state index < -0.39 is 5.91 Å². The molecule has 0 saturated heterocycles. The Morgan fingerprint density at radius 1 is 1.29 bits per heavy atom. The van der Waals surface area contributed by atoms with Gasteiger partial charge in [0.25, 0.3) is 5.91 Å². The second kappa shape index (κ2) is 5.15. The van der Waals surface area contributed by atoms with Gasteiger partial charge in [0.05, 0.1) is 11.1 Å². The summed E-state index contributed by atoms with van der Waals surface area (Å²) >= 11 is 0. The molecule has 5 N–H and O–H groups in total. The zero-order valence-corrected chi connectivity index (χ0v) is 12.5. The van der Waals surface area contributed by atoms with Crippen molar-refractivity contribution in [2.24, 2.45) is 23.3 Å². The largest absolute Gasteiger partial charge is 0.366 e. The fraction of sp³-hybridized carbons (Fsp3) is 0.500. The summed E-state index contributed by atoms with van der Waals surface area (Å²) in [5.41, 5.74) is 13.6. The molecule has 2 unspecified atom stereocenters. The van der Waals surface area contributed by atoms with Crippen LogP contribution in [-0.2, 0) is 0 Å². The smallest absolute Gasteiger partial charge is 0.250 e. The molecule has 1 aliphatic carbocycles. The molecular weight excluding hydrogens is 264 g/mol. The van der Waals surface area contributed by atoms with E-state index in [-0.39, 0.29) is 6.04 Å². The van der Waals surface area contributed by atoms with Gasteiger partial charge in [-0.1, -0.05) is 19.9 Å². The van der Waals surface area contributed by atoms with Gasteiger partial charge in [0, 0.05) is 12.0 Å². The molecule has 112 valence electrons. The molecular formula is C16H22N4O. The third kappa shape index (κ3) is 2.42. The predicted molar refractivity (Wildman–Crippen MR) is 82.9 cm³/mol. The normalized spacial score (nSPS) is 29.7. The van der Waals surface area contributed by atoms with Crippen molar-refractivity contribution in [3.8, 4) is 0 Å². The summed E-state index contributed by atoms with van der Waals surface area (Å²) in [6, 6.07) is 5.76. The number of H-pyrrole nitrogens is 1. The Morgan fingerprint density at radius 3 is 2.57 bits per heavy atom. The van der Waals surface area contributed by atoms with E-state index in [1.807, 2.05) is 12.1 Å². The molecule has 1 aromatic heterocycles. The molecule has 1 aromatic carbocycles. The number of imidazole rings is 1. The minimum atomic E-state index is -0.439. The molecule has 1 fully saturated rings. The first-order valence-corrected chi connectivity index (χ1v) is 7.51. The number of aromatic amines is 1. The monoisotopic (exact) mass is 286 g/mol. The van der Waals surface area contributed by atoms with Crippen LogP contribution in [0.1, 0.15) is 48.8 Å². The molecule has 1 aliphatic rings. The molecule has 0 bridgehead atoms. The summed E-state index contributed by atoms with van der Waals surface area (Å²) in [6.45, 7) is 4.45. The van der Waals surface area contributed by atoms with Crippen molar-refractivity contribution in [1.29, 1.82) is 0 Å². The third-order valence-corrected chi connectivity index (χ3v) is 4.69. The molecule has 21 heavy (non-hydrogen) atoms. The minimum Gasteiger partial charge on any atom is -0.366 e. The van der Waals surface area contributed by atoms with Gasteiger partial charge >= 0.3 is 0 Å². The number of nitrogens with two attached hydrogens (primary N) is 2. The third-order valence-electron chi connectivity index (χ3n) is 4.69. The van der Waals surface area contributed by atoms with Crippen molar-refractivity contribution in [2.45, 2.75) is 38.6 Å². The number of nitrogens with zero attached hydrogens (tertiary/aromatic N) is 1. The number of amides is 1. The zero-order chi connectivity index (χ0) is 15.1. The number of para-hydroxylation sites is 1. The van der Waals surface area contributed by atoms with Crippen LogP contribution in [0.3, 0.4) is 0 Å². The first-order valence-electron chi connectivity index (χ1n) is 7.51. The quantitative estimate of drug-likeness (QED) is 0.788. The molecule has 5 nitrogen and oxygen atoms in total. The van der Waals surface area contributed by atoms with Gasteiger partial charge < -0.3 is 16.5 Å². The van der Waals surface area contributed by atoms with Gasteiger partial charge in [-0.25, -0.2) is 4.98 Å². The van der Waals surface area contributed by atoms with Crippen LogP contribution >= 0.6 is 0 Å². The maximum absolute atomic E-state index is 11.5. The summed E-state index contributed by atoms with van der Waals surface area (Å²) in [5.74, 6) is 1.80. The summed E-state index contributed by atoms with van der Waals surface area (Å²) in [6.07, 6.45) is 2.02. The number of carbonyl (C=O) groups excluding carboxylic acids is 1. The fourth-order valence-corrected chi connectivity index (χ4v) is 3.85. The van der Waals surface area contributed by atoms with Crippen molar-refractivity contribution in [3.05, 3.63) is 29.6 Å². The maximum atomic E-state index is 11.5. The van der Waals surface area contributed by atoms with E-state index in [2.05, 4.69) is 23.8 Å². The summed E-state index contributed by atoms with van der Waals surface area (Å²) in [4.78, 5) is 19.6. The number of nitrogens with one attached hydrogen (secondary N) is 1. The van der Waals surface area contributed by atoms with Crippen LogP contribution in [0.4, 0.5) is 0 Å². The topological polar surface area (TPSA) is 97.8 Å². The zero-order valence-electron chi connectivity index (χ0n) is 12.5. The van der Waals surface area contributed by atoms with Gasteiger partial charge in [-0.3, -0.25) is 4.79 Å². The number of hydrogen-bond donors (Lipinski definition) is 3. The average Bonchev–Trinajstić information content (AvgIpc) is 2.79. The first kappa shape index (κ1) is 14.1. The van der Waals surface area contributed by atoms with Crippen LogP contribution in [-0.4, -0.2) is 21.9 Å². The Kier molecular flexibility index (Phi) is 3.45. The number of aromatic nitrogens is 2. The number of carbonyl (C=O) groups is 1. The lowest BCUT2D eigenvalue weighted by molar-refractivity contribution is 0.100. The van der Waals surface area contributed by atoms with Gasteiger partial charge in [0.2, 0.25) is 0 Å². The fourth-order valence-electron chi connectivity index (χ4n) is 3.85. The van der Waals surface area contributed by atoms with Crippen LogP contribution in [0, 0.1) is 11.8 Å². The van der Waals surface area contributed by atoms with Crippen LogP contribution in [0.2, 0.25) is 0 Å². The van der Waals surface area contributed by atoms with Gasteiger partial charge in [-0.05, 0) is 36.8 Å². The van der Waals surface area contributed by atoms with Crippen LogP contribution in [0.25, 0.3) is 11.0 Å². The van der Waals surface area contributed by atoms with Crippen LogP contribution in [0.15, 0.2) is 18.2 Å². The van der Waals surface area contributed by atoms with Crippen molar-refractivity contribution < 1.29 is 4.79 Å². The number of primary amides is 1. The Balaban J connectivity index is 2.05. The number of benzene rings is 1. The molecule has 2 aromatic rings. The van der Waals surface area contributed by atoms with E-state index in [0.717, 1.165) is 24.2 Å². The predicted octanol–water partition coefficient (Wildman–Crippen LogP) is 2.14. The molecule has 1 saturated carbocycles. The summed E-state index contributed by atoms with van der Waals surface area (Å²) in [5, 5.41) is 0. The molecule has 2 atom stereocenters. The summed E-state index contributed by atoms with van der Waals surface area (Å²) in [7, 11) is 0. The van der Waals surface area contributed by atoms with Gasteiger partial charge in [0.15, 0.2) is 0 Å². The highest BCUT2D eigenvalue weighted by molar-refractivity contribution is 6.04. The first-order chi connectivity index (χ1) is 9.97. The molecule has 1 heterocycles. The van der Waals surface area contributed by atoms with Crippen molar-refractivity contribution in [1.82, 2.24) is 9.97 Å². The lowest BCUT2D eigenvalue weighted by Gasteiger charge is -2.36. The van der Waals surface area contributed by atoms with Crippen molar-refractivity contribution in [2.75, 3.05) is 0 Å². The van der Waals surface area contributed by atoms with Crippen molar-refractivity contribution in [3.63, 3.8) is 0 Å². The molecule has 5 heteroatoms. The van der Waals surface area contributed by atoms with Crippen LogP contribution < -0.4 is 11.5 Å². The Hall–Kier alpha value is -1.88. The van der Waals surface area contributed by atoms with Gasteiger partial charge in [-0.15, -0.1) is 0 Å². The van der Waals surface area contributed by atoms with E-state index in [4.69, 9.17) is 11.5 Å². The van der Waals surface area contributed by atoms with E-state index in [0.29, 0.717) is 28.8 Å². The highest BCUT2D eigenvalue weighted by atomic mass is 16.1. The molecule has 0 spiro atoms. The van der Waals surface area contributed by atoms with E-state index >= 15 is 0 Å². The van der Waals surface area contributed by atoms with E-state index in [1.54, 1.807) is 6.07 Å². The van der Waals surface area contributed by atoms with E-state index in [1.165, 1.54) is 0 Å². The number of hydrogen-bond acceptors (Lipinski definition) is 3. The highest BCUT2D eigenvalue weighted by Gasteiger charge is 2.34. The van der Waals surface area contributed by atoms with Crippen molar-refractivity contribution >= 4 is 16.9 Å².